The minimum Gasteiger partial charge on any atom is -0.439 e. The van der Waals surface area contributed by atoms with Gasteiger partial charge in [0.25, 0.3) is 0 Å². The molecule has 2 fully saturated rings. The second-order valence-electron chi connectivity index (χ2n) is 11.1. The molecule has 2 aromatic heterocycles. The van der Waals surface area contributed by atoms with E-state index in [2.05, 4.69) is 25.9 Å². The number of alkyl halides is 3. The Labute approximate surface area is 260 Å². The second-order valence-corrected chi connectivity index (χ2v) is 12.0. The molecule has 2 aromatic carbocycles. The van der Waals surface area contributed by atoms with Gasteiger partial charge in [-0.2, -0.15) is 18.2 Å². The van der Waals surface area contributed by atoms with Crippen LogP contribution in [0.2, 0.25) is 0 Å². The molecular formula is C30H30F3N7O4S. The summed E-state index contributed by atoms with van der Waals surface area (Å²) in [6, 6.07) is 11.1. The van der Waals surface area contributed by atoms with Gasteiger partial charge in [0.1, 0.15) is 16.1 Å². The average Bonchev–Trinajstić information content (AvgIpc) is 3.76. The van der Waals surface area contributed by atoms with Gasteiger partial charge in [-0.05, 0) is 61.2 Å². The Bertz CT molecular complexity index is 1740. The molecule has 6 rings (SSSR count). The molecule has 236 valence electrons. The number of benzene rings is 2. The minimum atomic E-state index is -4.60. The lowest BCUT2D eigenvalue weighted by molar-refractivity contribution is -0.137. The highest BCUT2D eigenvalue weighted by Crippen LogP contribution is 2.35. The lowest BCUT2D eigenvalue weighted by atomic mass is 10.1. The number of urea groups is 1. The number of carbonyl (C=O) groups excluding carboxylic acids is 2. The first-order chi connectivity index (χ1) is 21.5. The van der Waals surface area contributed by atoms with Gasteiger partial charge in [-0.15, -0.1) is 0 Å². The van der Waals surface area contributed by atoms with Crippen LogP contribution in [-0.2, 0) is 17.5 Å². The number of thiazole rings is 1. The van der Waals surface area contributed by atoms with Gasteiger partial charge in [0.05, 0.1) is 5.56 Å². The summed E-state index contributed by atoms with van der Waals surface area (Å²) >= 11 is 1.24. The summed E-state index contributed by atoms with van der Waals surface area (Å²) in [6.45, 7) is 3.85. The maximum Gasteiger partial charge on any atom is 0.416 e. The number of nitrogens with one attached hydrogen (secondary N) is 3. The molecule has 0 unspecified atom stereocenters. The molecule has 0 bridgehead atoms. The molecule has 1 aliphatic carbocycles. The molecule has 0 radical (unpaired) electrons. The van der Waals surface area contributed by atoms with Gasteiger partial charge in [0.15, 0.2) is 5.13 Å². The van der Waals surface area contributed by atoms with Crippen molar-refractivity contribution < 1.29 is 32.7 Å². The second kappa shape index (κ2) is 12.6. The van der Waals surface area contributed by atoms with Crippen molar-refractivity contribution >= 4 is 50.1 Å². The van der Waals surface area contributed by atoms with Gasteiger partial charge in [0, 0.05) is 62.1 Å². The van der Waals surface area contributed by atoms with Crippen molar-refractivity contribution in [2.24, 2.45) is 5.92 Å². The molecule has 15 heteroatoms. The number of anilines is 3. The number of hydroxylamine groups is 2. The maximum absolute atomic E-state index is 13.7. The highest BCUT2D eigenvalue weighted by Gasteiger charge is 2.32. The van der Waals surface area contributed by atoms with E-state index < -0.39 is 17.8 Å². The first-order valence-electron chi connectivity index (χ1n) is 14.3. The predicted molar refractivity (Wildman–Crippen MR) is 163 cm³/mol. The number of aromatic nitrogens is 2. The molecule has 2 aliphatic rings. The molecule has 1 aliphatic heterocycles. The van der Waals surface area contributed by atoms with Crippen molar-refractivity contribution in [2.45, 2.75) is 32.5 Å². The predicted octanol–water partition coefficient (Wildman–Crippen LogP) is 6.31. The lowest BCUT2D eigenvalue weighted by Crippen LogP contribution is -2.44. The zero-order valence-corrected chi connectivity index (χ0v) is 25.0. The maximum atomic E-state index is 13.7. The lowest BCUT2D eigenvalue weighted by Gasteiger charge is -2.31. The largest absolute Gasteiger partial charge is 0.439 e. The van der Waals surface area contributed by atoms with E-state index in [4.69, 9.17) is 4.74 Å². The van der Waals surface area contributed by atoms with Crippen molar-refractivity contribution in [3.63, 3.8) is 0 Å². The number of halogens is 3. The summed E-state index contributed by atoms with van der Waals surface area (Å²) in [5.41, 5.74) is 1.25. The number of rotatable bonds is 8. The van der Waals surface area contributed by atoms with Crippen LogP contribution in [-0.4, -0.2) is 63.3 Å². The summed E-state index contributed by atoms with van der Waals surface area (Å²) in [5.74, 6) is 0.709. The monoisotopic (exact) mass is 641 g/mol. The zero-order valence-electron chi connectivity index (χ0n) is 24.1. The van der Waals surface area contributed by atoms with Gasteiger partial charge in [-0.3, -0.25) is 9.69 Å². The number of aryl methyl sites for hydroxylation is 1. The molecule has 1 saturated carbocycles. The molecule has 4 N–H and O–H groups in total. The van der Waals surface area contributed by atoms with E-state index in [0.717, 1.165) is 30.5 Å². The summed E-state index contributed by atoms with van der Waals surface area (Å²) < 4.78 is 47.0. The number of pyridine rings is 1. The Kier molecular flexibility index (Phi) is 8.59. The Morgan fingerprint density at radius 2 is 1.73 bits per heavy atom. The van der Waals surface area contributed by atoms with Crippen LogP contribution < -0.4 is 20.7 Å². The van der Waals surface area contributed by atoms with E-state index >= 15 is 0 Å². The minimum absolute atomic E-state index is 0.00328. The third-order valence-electron chi connectivity index (χ3n) is 7.40. The average molecular weight is 642 g/mol. The van der Waals surface area contributed by atoms with Crippen LogP contribution in [0.1, 0.15) is 29.5 Å². The van der Waals surface area contributed by atoms with Gasteiger partial charge < -0.3 is 25.9 Å². The number of ether oxygens (including phenoxy) is 1. The normalized spacial score (nSPS) is 16.0. The summed E-state index contributed by atoms with van der Waals surface area (Å²) in [6.07, 6.45) is -2.82. The third kappa shape index (κ3) is 7.86. The third-order valence-corrected chi connectivity index (χ3v) is 8.28. The Morgan fingerprint density at radius 1 is 0.978 bits per heavy atom. The van der Waals surface area contributed by atoms with E-state index in [1.165, 1.54) is 22.5 Å². The number of hydrogen-bond acceptors (Lipinski definition) is 9. The van der Waals surface area contributed by atoms with E-state index in [9.17, 15) is 28.0 Å². The number of carbonyl (C=O) groups is 2. The first-order valence-corrected chi connectivity index (χ1v) is 15.1. The number of amides is 3. The van der Waals surface area contributed by atoms with Gasteiger partial charge >= 0.3 is 12.2 Å². The van der Waals surface area contributed by atoms with Crippen LogP contribution >= 0.6 is 11.3 Å². The number of hydrogen-bond donors (Lipinski definition) is 4. The number of fused-ring (bicyclic) bond motifs is 1. The number of piperazine rings is 1. The van der Waals surface area contributed by atoms with E-state index in [0.29, 0.717) is 58.7 Å². The van der Waals surface area contributed by atoms with Crippen LogP contribution in [0.15, 0.2) is 48.5 Å². The van der Waals surface area contributed by atoms with Crippen molar-refractivity contribution in [3.8, 4) is 11.6 Å². The van der Waals surface area contributed by atoms with Crippen molar-refractivity contribution in [3.05, 3.63) is 65.2 Å². The van der Waals surface area contributed by atoms with E-state index in [1.54, 1.807) is 30.3 Å². The zero-order chi connectivity index (χ0) is 31.7. The summed E-state index contributed by atoms with van der Waals surface area (Å²) in [7, 11) is 0. The van der Waals surface area contributed by atoms with Crippen molar-refractivity contribution in [1.29, 1.82) is 0 Å². The van der Waals surface area contributed by atoms with E-state index in [1.807, 2.05) is 11.8 Å². The molecule has 0 atom stereocenters. The summed E-state index contributed by atoms with van der Waals surface area (Å²) in [4.78, 5) is 36.4. The van der Waals surface area contributed by atoms with Crippen LogP contribution in [0.3, 0.4) is 0 Å². The van der Waals surface area contributed by atoms with E-state index in [-0.39, 0.29) is 29.9 Å². The SMILES string of the molecule is Cc1ccc(NC(=O)Nc2cc(CN3CCN(O)CC3)cc(C(F)(F)F)c2)cc1Oc1ccc2nc(NC(=O)C3CC3)sc2n1. The Hall–Kier alpha value is -4.31. The first kappa shape index (κ1) is 30.7. The molecule has 1 saturated heterocycles. The molecule has 11 nitrogen and oxygen atoms in total. The van der Waals surface area contributed by atoms with Crippen molar-refractivity contribution in [1.82, 2.24) is 19.9 Å². The molecule has 45 heavy (non-hydrogen) atoms. The molecule has 0 spiro atoms. The van der Waals surface area contributed by atoms with Gasteiger partial charge in [0.2, 0.25) is 11.8 Å². The molecule has 4 aromatic rings. The standard InChI is InChI=1S/C30H30F3N7O4S/c1-17-2-5-21(15-24(17)44-25-7-6-23-27(37-25)45-29(36-23)38-26(41)19-3-4-19)34-28(42)35-22-13-18(12-20(14-22)30(31,32)33)16-39-8-10-40(43)11-9-39/h2,5-7,12-15,19,43H,3-4,8-11,16H2,1H3,(H2,34,35,42)(H,36,38,41). The molecule has 3 heterocycles. The quantitative estimate of drug-likeness (QED) is 0.176. The van der Waals surface area contributed by atoms with Crippen LogP contribution in [0.4, 0.5) is 34.5 Å². The Balaban J connectivity index is 1.13. The van der Waals surface area contributed by atoms with Crippen molar-refractivity contribution in [2.75, 3.05) is 42.1 Å². The fraction of sp³-hybridized carbons (Fsp3) is 0.333. The van der Waals surface area contributed by atoms with Crippen LogP contribution in [0.5, 0.6) is 11.6 Å². The smallest absolute Gasteiger partial charge is 0.416 e. The molecular weight excluding hydrogens is 611 g/mol. The van der Waals surface area contributed by atoms with Gasteiger partial charge in [-0.25, -0.2) is 14.8 Å². The fourth-order valence-electron chi connectivity index (χ4n) is 4.83. The topological polar surface area (TPSA) is 132 Å². The van der Waals surface area contributed by atoms with Crippen LogP contribution in [0.25, 0.3) is 10.3 Å². The number of nitrogens with zero attached hydrogens (tertiary/aromatic N) is 4. The van der Waals surface area contributed by atoms with Gasteiger partial charge in [-0.1, -0.05) is 17.4 Å². The molecule has 3 amide bonds. The fourth-order valence-corrected chi connectivity index (χ4v) is 5.66. The highest BCUT2D eigenvalue weighted by molar-refractivity contribution is 7.21. The summed E-state index contributed by atoms with van der Waals surface area (Å²) in [5, 5.41) is 19.2. The highest BCUT2D eigenvalue weighted by atomic mass is 32.1. The van der Waals surface area contributed by atoms with Crippen LogP contribution in [0, 0.1) is 12.8 Å². The Morgan fingerprint density at radius 3 is 2.47 bits per heavy atom.